The summed E-state index contributed by atoms with van der Waals surface area (Å²) in [6, 6.07) is 7.63. The quantitative estimate of drug-likeness (QED) is 0.822. The molecule has 17 heavy (non-hydrogen) atoms. The first-order chi connectivity index (χ1) is 8.33. The molecule has 1 aromatic carbocycles. The molecule has 0 unspecified atom stereocenters. The first-order valence-electron chi connectivity index (χ1n) is 6.28. The average Bonchev–Trinajstić information content (AvgIpc) is 2.28. The average molecular weight is 235 g/mol. The Morgan fingerprint density at radius 3 is 2.47 bits per heavy atom. The Morgan fingerprint density at radius 2 is 1.88 bits per heavy atom. The fourth-order valence-corrected chi connectivity index (χ4v) is 2.55. The van der Waals surface area contributed by atoms with Crippen molar-refractivity contribution >= 4 is 5.69 Å². The van der Waals surface area contributed by atoms with Crippen LogP contribution in [0.4, 0.5) is 10.1 Å². The zero-order chi connectivity index (χ0) is 11.7. The SMILES string of the molecule is Fc1cccc(N2CCN(C3CNC3)CC2)c1. The second kappa shape index (κ2) is 4.63. The number of piperazine rings is 1. The van der Waals surface area contributed by atoms with Crippen LogP contribution in [0, 0.1) is 5.82 Å². The predicted octanol–water partition coefficient (Wildman–Crippen LogP) is 0.919. The lowest BCUT2D eigenvalue weighted by molar-refractivity contribution is 0.138. The monoisotopic (exact) mass is 235 g/mol. The highest BCUT2D eigenvalue weighted by atomic mass is 19.1. The fourth-order valence-electron chi connectivity index (χ4n) is 2.55. The van der Waals surface area contributed by atoms with Gasteiger partial charge in [-0.15, -0.1) is 0 Å². The highest BCUT2D eigenvalue weighted by Crippen LogP contribution is 2.18. The summed E-state index contributed by atoms with van der Waals surface area (Å²) in [5, 5.41) is 3.30. The van der Waals surface area contributed by atoms with E-state index in [0.29, 0.717) is 0 Å². The second-order valence-electron chi connectivity index (χ2n) is 4.81. The van der Waals surface area contributed by atoms with Gasteiger partial charge in [0, 0.05) is 51.0 Å². The van der Waals surface area contributed by atoms with Crippen molar-refractivity contribution in [2.24, 2.45) is 0 Å². The van der Waals surface area contributed by atoms with Crippen LogP contribution in [0.5, 0.6) is 0 Å². The van der Waals surface area contributed by atoms with Crippen molar-refractivity contribution in [3.05, 3.63) is 30.1 Å². The van der Waals surface area contributed by atoms with Crippen molar-refractivity contribution < 1.29 is 4.39 Å². The highest BCUT2D eigenvalue weighted by molar-refractivity contribution is 5.46. The van der Waals surface area contributed by atoms with Crippen LogP contribution in [0.1, 0.15) is 0 Å². The summed E-state index contributed by atoms with van der Waals surface area (Å²) >= 11 is 0. The van der Waals surface area contributed by atoms with Crippen LogP contribution >= 0.6 is 0 Å². The van der Waals surface area contributed by atoms with Gasteiger partial charge in [-0.3, -0.25) is 4.90 Å². The summed E-state index contributed by atoms with van der Waals surface area (Å²) in [6.45, 7) is 6.42. The van der Waals surface area contributed by atoms with Gasteiger partial charge in [0.05, 0.1) is 0 Å². The Bertz CT molecular complexity index is 384. The van der Waals surface area contributed by atoms with Crippen molar-refractivity contribution in [3.63, 3.8) is 0 Å². The lowest BCUT2D eigenvalue weighted by Gasteiger charge is -2.43. The Labute approximate surface area is 101 Å². The molecule has 0 amide bonds. The zero-order valence-corrected chi connectivity index (χ0v) is 9.90. The molecule has 92 valence electrons. The number of nitrogens with one attached hydrogen (secondary N) is 1. The molecule has 0 spiro atoms. The molecule has 0 bridgehead atoms. The molecule has 0 atom stereocenters. The van der Waals surface area contributed by atoms with Crippen LogP contribution in [0.3, 0.4) is 0 Å². The van der Waals surface area contributed by atoms with E-state index in [1.807, 2.05) is 6.07 Å². The maximum atomic E-state index is 13.1. The number of halogens is 1. The molecule has 2 saturated heterocycles. The molecule has 1 aromatic rings. The van der Waals surface area contributed by atoms with E-state index >= 15 is 0 Å². The molecule has 0 aromatic heterocycles. The molecule has 1 N–H and O–H groups in total. The van der Waals surface area contributed by atoms with E-state index in [1.165, 1.54) is 6.07 Å². The van der Waals surface area contributed by atoms with Crippen LogP contribution in [-0.2, 0) is 0 Å². The number of benzene rings is 1. The summed E-state index contributed by atoms with van der Waals surface area (Å²) in [5.41, 5.74) is 1.01. The van der Waals surface area contributed by atoms with Gasteiger partial charge in [-0.05, 0) is 18.2 Å². The van der Waals surface area contributed by atoms with Gasteiger partial charge in [-0.2, -0.15) is 0 Å². The largest absolute Gasteiger partial charge is 0.369 e. The van der Waals surface area contributed by atoms with Gasteiger partial charge in [0.25, 0.3) is 0 Å². The van der Waals surface area contributed by atoms with Crippen molar-refractivity contribution in [2.45, 2.75) is 6.04 Å². The normalized spacial score (nSPS) is 22.5. The van der Waals surface area contributed by atoms with Gasteiger partial charge in [0.15, 0.2) is 0 Å². The lowest BCUT2D eigenvalue weighted by atomic mass is 10.1. The van der Waals surface area contributed by atoms with Gasteiger partial charge in [0.2, 0.25) is 0 Å². The molecular formula is C13H18FN3. The number of anilines is 1. The molecule has 3 rings (SSSR count). The molecule has 0 saturated carbocycles. The summed E-state index contributed by atoms with van der Waals surface area (Å²) < 4.78 is 13.1. The molecule has 0 aliphatic carbocycles. The number of nitrogens with zero attached hydrogens (tertiary/aromatic N) is 2. The zero-order valence-electron chi connectivity index (χ0n) is 9.90. The lowest BCUT2D eigenvalue weighted by Crippen LogP contribution is -2.61. The Hall–Kier alpha value is -1.13. The number of hydrogen-bond acceptors (Lipinski definition) is 3. The van der Waals surface area contributed by atoms with E-state index in [4.69, 9.17) is 0 Å². The molecule has 2 aliphatic rings. The summed E-state index contributed by atoms with van der Waals surface area (Å²) in [4.78, 5) is 4.80. The van der Waals surface area contributed by atoms with Gasteiger partial charge >= 0.3 is 0 Å². The minimum absolute atomic E-state index is 0.145. The van der Waals surface area contributed by atoms with E-state index in [9.17, 15) is 4.39 Å². The van der Waals surface area contributed by atoms with Crippen molar-refractivity contribution in [2.75, 3.05) is 44.2 Å². The van der Waals surface area contributed by atoms with Gasteiger partial charge < -0.3 is 10.2 Å². The van der Waals surface area contributed by atoms with Crippen molar-refractivity contribution in [3.8, 4) is 0 Å². The molecule has 2 aliphatic heterocycles. The maximum absolute atomic E-state index is 13.1. The topological polar surface area (TPSA) is 18.5 Å². The summed E-state index contributed by atoms with van der Waals surface area (Å²) in [5.74, 6) is -0.145. The molecule has 2 heterocycles. The standard InChI is InChI=1S/C13H18FN3/c14-11-2-1-3-12(8-11)16-4-6-17(7-5-16)13-9-15-10-13/h1-3,8,13,15H,4-7,9-10H2. The molecule has 4 heteroatoms. The number of rotatable bonds is 2. The van der Waals surface area contributed by atoms with Crippen LogP contribution in [0.15, 0.2) is 24.3 Å². The number of hydrogen-bond donors (Lipinski definition) is 1. The minimum atomic E-state index is -0.145. The summed E-state index contributed by atoms with van der Waals surface area (Å²) in [6.07, 6.45) is 0. The van der Waals surface area contributed by atoms with Gasteiger partial charge in [0.1, 0.15) is 5.82 Å². The molecular weight excluding hydrogens is 217 g/mol. The second-order valence-corrected chi connectivity index (χ2v) is 4.81. The fraction of sp³-hybridized carbons (Fsp3) is 0.538. The van der Waals surface area contributed by atoms with E-state index < -0.39 is 0 Å². The molecule has 2 fully saturated rings. The Kier molecular flexibility index (Phi) is 2.99. The molecule has 0 radical (unpaired) electrons. The van der Waals surface area contributed by atoms with Gasteiger partial charge in [-0.25, -0.2) is 4.39 Å². The Morgan fingerprint density at radius 1 is 1.12 bits per heavy atom. The highest BCUT2D eigenvalue weighted by Gasteiger charge is 2.27. The van der Waals surface area contributed by atoms with E-state index in [0.717, 1.165) is 51.0 Å². The smallest absolute Gasteiger partial charge is 0.125 e. The summed E-state index contributed by atoms with van der Waals surface area (Å²) in [7, 11) is 0. The van der Waals surface area contributed by atoms with E-state index in [2.05, 4.69) is 15.1 Å². The van der Waals surface area contributed by atoms with Crippen molar-refractivity contribution in [1.82, 2.24) is 10.2 Å². The van der Waals surface area contributed by atoms with Crippen LogP contribution < -0.4 is 10.2 Å². The first kappa shape index (κ1) is 11.0. The predicted molar refractivity (Wildman–Crippen MR) is 66.8 cm³/mol. The third kappa shape index (κ3) is 2.28. The molecule has 3 nitrogen and oxygen atoms in total. The van der Waals surface area contributed by atoms with Gasteiger partial charge in [-0.1, -0.05) is 6.07 Å². The minimum Gasteiger partial charge on any atom is -0.369 e. The Balaban J connectivity index is 1.60. The maximum Gasteiger partial charge on any atom is 0.125 e. The first-order valence-corrected chi connectivity index (χ1v) is 6.28. The third-order valence-corrected chi connectivity index (χ3v) is 3.76. The van der Waals surface area contributed by atoms with Crippen LogP contribution in [0.2, 0.25) is 0 Å². The third-order valence-electron chi connectivity index (χ3n) is 3.76. The van der Waals surface area contributed by atoms with Crippen LogP contribution in [-0.4, -0.2) is 50.2 Å². The van der Waals surface area contributed by atoms with E-state index in [-0.39, 0.29) is 5.82 Å². The van der Waals surface area contributed by atoms with Crippen LogP contribution in [0.25, 0.3) is 0 Å². The van der Waals surface area contributed by atoms with E-state index in [1.54, 1.807) is 12.1 Å². The van der Waals surface area contributed by atoms with Crippen molar-refractivity contribution in [1.29, 1.82) is 0 Å².